The van der Waals surface area contributed by atoms with Crippen LogP contribution in [0.3, 0.4) is 0 Å². The van der Waals surface area contributed by atoms with E-state index in [2.05, 4.69) is 34.3 Å². The van der Waals surface area contributed by atoms with Gasteiger partial charge in [0.1, 0.15) is 5.75 Å². The number of ether oxygens (including phenoxy) is 1. The molecule has 4 aromatic rings. The van der Waals surface area contributed by atoms with Crippen molar-refractivity contribution in [2.75, 3.05) is 11.9 Å². The first-order valence-corrected chi connectivity index (χ1v) is 11.7. The molecular formula is C28H26ClN3O2. The number of carbonyl (C=O) groups excluding carboxylic acids is 1. The van der Waals surface area contributed by atoms with Crippen molar-refractivity contribution in [1.29, 1.82) is 0 Å². The fourth-order valence-corrected chi connectivity index (χ4v) is 4.69. The van der Waals surface area contributed by atoms with Crippen LogP contribution in [0.4, 0.5) is 10.5 Å². The number of amides is 2. The summed E-state index contributed by atoms with van der Waals surface area (Å²) >= 11 is 6.22. The predicted octanol–water partition coefficient (Wildman–Crippen LogP) is 6.97. The molecule has 0 bridgehead atoms. The van der Waals surface area contributed by atoms with E-state index in [4.69, 9.17) is 16.3 Å². The van der Waals surface area contributed by atoms with Crippen LogP contribution in [-0.4, -0.2) is 22.1 Å². The first kappa shape index (κ1) is 22.1. The minimum absolute atomic E-state index is 0.186. The van der Waals surface area contributed by atoms with Crippen molar-refractivity contribution in [1.82, 2.24) is 9.47 Å². The number of carbonyl (C=O) groups is 1. The number of aryl methyl sites for hydroxylation is 1. The highest BCUT2D eigenvalue weighted by molar-refractivity contribution is 6.31. The fourth-order valence-electron chi connectivity index (χ4n) is 4.52. The van der Waals surface area contributed by atoms with Crippen LogP contribution >= 0.6 is 11.6 Å². The van der Waals surface area contributed by atoms with Crippen LogP contribution in [0.15, 0.2) is 85.1 Å². The number of urea groups is 1. The molecule has 1 atom stereocenters. The Balaban J connectivity index is 1.61. The summed E-state index contributed by atoms with van der Waals surface area (Å²) in [6, 6.07) is 25.3. The summed E-state index contributed by atoms with van der Waals surface area (Å²) in [5, 5.41) is 3.68. The number of fused-ring (bicyclic) bond motifs is 3. The molecule has 1 aliphatic heterocycles. The Morgan fingerprint density at radius 1 is 1.06 bits per heavy atom. The van der Waals surface area contributed by atoms with Crippen LogP contribution in [0.25, 0.3) is 5.69 Å². The number of rotatable bonds is 4. The third-order valence-electron chi connectivity index (χ3n) is 6.17. The summed E-state index contributed by atoms with van der Waals surface area (Å²) in [5.74, 6) is 0.809. The van der Waals surface area contributed by atoms with Gasteiger partial charge in [0.25, 0.3) is 0 Å². The molecule has 172 valence electrons. The van der Waals surface area contributed by atoms with Crippen molar-refractivity contribution in [3.63, 3.8) is 0 Å². The van der Waals surface area contributed by atoms with E-state index in [0.29, 0.717) is 23.9 Å². The van der Waals surface area contributed by atoms with Crippen LogP contribution in [0, 0.1) is 6.92 Å². The van der Waals surface area contributed by atoms with Gasteiger partial charge in [0, 0.05) is 22.6 Å². The molecule has 34 heavy (non-hydrogen) atoms. The Morgan fingerprint density at radius 3 is 2.65 bits per heavy atom. The van der Waals surface area contributed by atoms with Gasteiger partial charge in [-0.05, 0) is 73.0 Å². The van der Waals surface area contributed by atoms with Gasteiger partial charge in [-0.2, -0.15) is 0 Å². The monoisotopic (exact) mass is 471 g/mol. The highest BCUT2D eigenvalue weighted by Crippen LogP contribution is 2.37. The van der Waals surface area contributed by atoms with Crippen molar-refractivity contribution < 1.29 is 9.53 Å². The molecule has 0 unspecified atom stereocenters. The maximum atomic E-state index is 13.8. The van der Waals surface area contributed by atoms with Crippen molar-refractivity contribution in [3.05, 3.63) is 112 Å². The van der Waals surface area contributed by atoms with Crippen LogP contribution in [0.5, 0.6) is 5.75 Å². The van der Waals surface area contributed by atoms with Gasteiger partial charge in [0.15, 0.2) is 0 Å². The summed E-state index contributed by atoms with van der Waals surface area (Å²) in [6.07, 6.45) is 2.05. The maximum Gasteiger partial charge on any atom is 0.322 e. The van der Waals surface area contributed by atoms with E-state index < -0.39 is 0 Å². The van der Waals surface area contributed by atoms with Gasteiger partial charge in [-0.1, -0.05) is 48.0 Å². The second-order valence-electron chi connectivity index (χ2n) is 8.35. The van der Waals surface area contributed by atoms with Gasteiger partial charge in [-0.15, -0.1) is 0 Å². The SMILES string of the molecule is CCOc1ccc([C@H]2c3cccn3-c3ccccc3CN2C(=O)Nc2cc(Cl)ccc2C)cc1. The lowest BCUT2D eigenvalue weighted by atomic mass is 10.0. The zero-order valence-corrected chi connectivity index (χ0v) is 19.9. The van der Waals surface area contributed by atoms with Crippen molar-refractivity contribution in [2.45, 2.75) is 26.4 Å². The molecule has 2 amide bonds. The molecule has 6 heteroatoms. The molecule has 0 saturated heterocycles. The molecule has 0 saturated carbocycles. The number of benzene rings is 3. The van der Waals surface area contributed by atoms with Gasteiger partial charge in [0.2, 0.25) is 0 Å². The lowest BCUT2D eigenvalue weighted by molar-refractivity contribution is 0.194. The summed E-state index contributed by atoms with van der Waals surface area (Å²) in [4.78, 5) is 15.7. The number of halogens is 1. The number of aromatic nitrogens is 1. The third-order valence-corrected chi connectivity index (χ3v) is 6.41. The molecule has 3 aromatic carbocycles. The fraction of sp³-hybridized carbons (Fsp3) is 0.179. The maximum absolute atomic E-state index is 13.8. The van der Waals surface area contributed by atoms with E-state index in [9.17, 15) is 4.79 Å². The zero-order chi connectivity index (χ0) is 23.7. The van der Waals surface area contributed by atoms with E-state index in [1.807, 2.05) is 73.3 Å². The predicted molar refractivity (Wildman–Crippen MR) is 136 cm³/mol. The second kappa shape index (κ2) is 9.27. The topological polar surface area (TPSA) is 46.5 Å². The molecule has 0 fully saturated rings. The van der Waals surface area contributed by atoms with Gasteiger partial charge < -0.3 is 19.5 Å². The van der Waals surface area contributed by atoms with Crippen molar-refractivity contribution >= 4 is 23.3 Å². The lowest BCUT2D eigenvalue weighted by Gasteiger charge is -2.31. The quantitative estimate of drug-likeness (QED) is 0.349. The molecule has 1 N–H and O–H groups in total. The minimum atomic E-state index is -0.294. The highest BCUT2D eigenvalue weighted by atomic mass is 35.5. The average Bonchev–Trinajstić information content (AvgIpc) is 3.26. The Morgan fingerprint density at radius 2 is 1.85 bits per heavy atom. The van der Waals surface area contributed by atoms with Gasteiger partial charge >= 0.3 is 6.03 Å². The smallest absolute Gasteiger partial charge is 0.322 e. The number of nitrogens with one attached hydrogen (secondary N) is 1. The molecule has 0 radical (unpaired) electrons. The molecule has 5 nitrogen and oxygen atoms in total. The highest BCUT2D eigenvalue weighted by Gasteiger charge is 2.33. The van der Waals surface area contributed by atoms with E-state index in [1.165, 1.54) is 0 Å². The number of hydrogen-bond donors (Lipinski definition) is 1. The normalized spacial score (nSPS) is 14.7. The van der Waals surface area contributed by atoms with Crippen LogP contribution in [0.1, 0.15) is 35.3 Å². The largest absolute Gasteiger partial charge is 0.494 e. The van der Waals surface area contributed by atoms with Crippen LogP contribution in [0.2, 0.25) is 5.02 Å². The molecule has 0 spiro atoms. The molecule has 1 aliphatic rings. The lowest BCUT2D eigenvalue weighted by Crippen LogP contribution is -2.38. The van der Waals surface area contributed by atoms with Gasteiger partial charge in [-0.3, -0.25) is 0 Å². The molecule has 2 heterocycles. The molecule has 0 aliphatic carbocycles. The zero-order valence-electron chi connectivity index (χ0n) is 19.2. The number of nitrogens with zero attached hydrogens (tertiary/aromatic N) is 2. The number of anilines is 1. The standard InChI is InChI=1S/C28H26ClN3O2/c1-3-34-23-14-11-20(12-15-23)27-26-9-6-16-31(26)25-8-5-4-7-21(25)18-32(27)28(33)30-24-17-22(29)13-10-19(24)2/h4-17,27H,3,18H2,1-2H3,(H,30,33)/t27-/m0/s1. The average molecular weight is 472 g/mol. The Kier molecular flexibility index (Phi) is 6.03. The summed E-state index contributed by atoms with van der Waals surface area (Å²) < 4.78 is 7.82. The Bertz CT molecular complexity index is 1330. The van der Waals surface area contributed by atoms with E-state index in [0.717, 1.165) is 33.8 Å². The second-order valence-corrected chi connectivity index (χ2v) is 8.79. The van der Waals surface area contributed by atoms with E-state index in [-0.39, 0.29) is 12.1 Å². The molecular weight excluding hydrogens is 446 g/mol. The van der Waals surface area contributed by atoms with E-state index in [1.54, 1.807) is 6.07 Å². The summed E-state index contributed by atoms with van der Waals surface area (Å²) in [6.45, 7) is 4.99. The van der Waals surface area contributed by atoms with Crippen LogP contribution in [-0.2, 0) is 6.54 Å². The Labute approximate surface area is 204 Å². The Hall–Kier alpha value is -3.70. The summed E-state index contributed by atoms with van der Waals surface area (Å²) in [7, 11) is 0. The van der Waals surface area contributed by atoms with Gasteiger partial charge in [0.05, 0.1) is 24.9 Å². The minimum Gasteiger partial charge on any atom is -0.494 e. The van der Waals surface area contributed by atoms with Gasteiger partial charge in [-0.25, -0.2) is 4.79 Å². The first-order chi connectivity index (χ1) is 16.5. The number of para-hydroxylation sites is 1. The third kappa shape index (κ3) is 4.15. The van der Waals surface area contributed by atoms with Crippen molar-refractivity contribution in [3.8, 4) is 11.4 Å². The van der Waals surface area contributed by atoms with Crippen molar-refractivity contribution in [2.24, 2.45) is 0 Å². The number of hydrogen-bond acceptors (Lipinski definition) is 2. The first-order valence-electron chi connectivity index (χ1n) is 11.4. The van der Waals surface area contributed by atoms with E-state index >= 15 is 0 Å². The summed E-state index contributed by atoms with van der Waals surface area (Å²) in [5.41, 5.74) is 5.84. The van der Waals surface area contributed by atoms with Crippen LogP contribution < -0.4 is 10.1 Å². The molecule has 5 rings (SSSR count). The molecule has 1 aromatic heterocycles.